The van der Waals surface area contributed by atoms with Gasteiger partial charge in [0.1, 0.15) is 0 Å². The van der Waals surface area contributed by atoms with Crippen LogP contribution in [0.5, 0.6) is 0 Å². The van der Waals surface area contributed by atoms with Crippen LogP contribution in [0.1, 0.15) is 33.1 Å². The van der Waals surface area contributed by atoms with E-state index in [2.05, 4.69) is 13.8 Å². The van der Waals surface area contributed by atoms with Crippen LogP contribution in [0.3, 0.4) is 0 Å². The van der Waals surface area contributed by atoms with Crippen molar-refractivity contribution in [2.45, 2.75) is 38.7 Å². The fourth-order valence-corrected chi connectivity index (χ4v) is 2.36. The summed E-state index contributed by atoms with van der Waals surface area (Å²) in [6, 6.07) is 0. The zero-order valence-corrected chi connectivity index (χ0v) is 7.38. The molecule has 2 unspecified atom stereocenters. The van der Waals surface area contributed by atoms with Crippen LogP contribution in [0.2, 0.25) is 0 Å². The molecule has 0 aromatic carbocycles. The minimum atomic E-state index is -0.781. The molecule has 0 aromatic heterocycles. The Balaban J connectivity index is 2.55. The summed E-state index contributed by atoms with van der Waals surface area (Å²) in [5, 5.41) is 18.7. The predicted molar refractivity (Wildman–Crippen MR) is 44.2 cm³/mol. The molecule has 0 spiro atoms. The third kappa shape index (κ3) is 2.17. The minimum absolute atomic E-state index is 0.0817. The van der Waals surface area contributed by atoms with Crippen LogP contribution in [0, 0.1) is 11.8 Å². The van der Waals surface area contributed by atoms with Crippen LogP contribution in [0.4, 0.5) is 0 Å². The molecule has 0 aromatic rings. The van der Waals surface area contributed by atoms with Gasteiger partial charge < -0.3 is 10.2 Å². The molecule has 66 valence electrons. The van der Waals surface area contributed by atoms with Crippen LogP contribution in [-0.4, -0.2) is 22.4 Å². The Morgan fingerprint density at radius 3 is 2.09 bits per heavy atom. The van der Waals surface area contributed by atoms with Gasteiger partial charge in [0.2, 0.25) is 0 Å². The summed E-state index contributed by atoms with van der Waals surface area (Å²) in [6.07, 6.45) is 2.70. The standard InChI is InChI=1S/C9H18O2/c1-7-3-8(2)5-9(11,4-7)6-10/h7-8,10-11H,3-6H2,1-2H3. The Hall–Kier alpha value is -0.0800. The second-order valence-electron chi connectivity index (χ2n) is 4.24. The first kappa shape index (κ1) is 9.01. The molecule has 0 saturated heterocycles. The second kappa shape index (κ2) is 3.11. The molecule has 11 heavy (non-hydrogen) atoms. The Kier molecular flexibility index (Phi) is 2.55. The molecule has 0 aliphatic heterocycles. The van der Waals surface area contributed by atoms with Crippen molar-refractivity contribution < 1.29 is 10.2 Å². The summed E-state index contributed by atoms with van der Waals surface area (Å²) in [6.45, 7) is 4.19. The lowest BCUT2D eigenvalue weighted by Crippen LogP contribution is -2.40. The first-order valence-corrected chi connectivity index (χ1v) is 4.39. The number of hydrogen-bond acceptors (Lipinski definition) is 2. The molecular formula is C9H18O2. The van der Waals surface area contributed by atoms with Crippen molar-refractivity contribution >= 4 is 0 Å². The van der Waals surface area contributed by atoms with Crippen molar-refractivity contribution in [2.75, 3.05) is 6.61 Å². The smallest absolute Gasteiger partial charge is 0.0882 e. The van der Waals surface area contributed by atoms with Gasteiger partial charge in [-0.2, -0.15) is 0 Å². The number of rotatable bonds is 1. The van der Waals surface area contributed by atoms with Crippen molar-refractivity contribution in [3.8, 4) is 0 Å². The van der Waals surface area contributed by atoms with Gasteiger partial charge in [-0.3, -0.25) is 0 Å². The van der Waals surface area contributed by atoms with Crippen LogP contribution in [0.15, 0.2) is 0 Å². The van der Waals surface area contributed by atoms with E-state index in [4.69, 9.17) is 5.11 Å². The van der Waals surface area contributed by atoms with E-state index in [0.717, 1.165) is 12.8 Å². The first-order chi connectivity index (χ1) is 5.06. The number of aliphatic hydroxyl groups is 2. The van der Waals surface area contributed by atoms with E-state index >= 15 is 0 Å². The highest BCUT2D eigenvalue weighted by molar-refractivity contribution is 4.87. The minimum Gasteiger partial charge on any atom is -0.393 e. The van der Waals surface area contributed by atoms with Crippen LogP contribution >= 0.6 is 0 Å². The first-order valence-electron chi connectivity index (χ1n) is 4.39. The topological polar surface area (TPSA) is 40.5 Å². The zero-order valence-electron chi connectivity index (χ0n) is 7.38. The molecule has 1 aliphatic rings. The lowest BCUT2D eigenvalue weighted by molar-refractivity contribution is -0.0689. The van der Waals surface area contributed by atoms with E-state index in [1.165, 1.54) is 6.42 Å². The summed E-state index contributed by atoms with van der Waals surface area (Å²) in [7, 11) is 0. The molecule has 0 amide bonds. The molecule has 2 heteroatoms. The van der Waals surface area contributed by atoms with E-state index in [-0.39, 0.29) is 6.61 Å². The van der Waals surface area contributed by atoms with E-state index in [9.17, 15) is 5.11 Å². The Bertz CT molecular complexity index is 124. The molecule has 2 atom stereocenters. The summed E-state index contributed by atoms with van der Waals surface area (Å²) < 4.78 is 0. The van der Waals surface area contributed by atoms with Crippen molar-refractivity contribution in [1.29, 1.82) is 0 Å². The fraction of sp³-hybridized carbons (Fsp3) is 1.00. The lowest BCUT2D eigenvalue weighted by Gasteiger charge is -2.37. The van der Waals surface area contributed by atoms with Crippen molar-refractivity contribution in [2.24, 2.45) is 11.8 Å². The van der Waals surface area contributed by atoms with Gasteiger partial charge in [-0.1, -0.05) is 13.8 Å². The van der Waals surface area contributed by atoms with Gasteiger partial charge >= 0.3 is 0 Å². The monoisotopic (exact) mass is 158 g/mol. The summed E-state index contributed by atoms with van der Waals surface area (Å²) >= 11 is 0. The molecule has 2 nitrogen and oxygen atoms in total. The van der Waals surface area contributed by atoms with Gasteiger partial charge in [0.25, 0.3) is 0 Å². The van der Waals surface area contributed by atoms with Gasteiger partial charge in [-0.25, -0.2) is 0 Å². The quantitative estimate of drug-likeness (QED) is 0.601. The summed E-state index contributed by atoms with van der Waals surface area (Å²) in [5.74, 6) is 1.10. The molecule has 1 rings (SSSR count). The second-order valence-corrected chi connectivity index (χ2v) is 4.24. The van der Waals surface area contributed by atoms with Crippen molar-refractivity contribution in [3.05, 3.63) is 0 Å². The molecular weight excluding hydrogens is 140 g/mol. The van der Waals surface area contributed by atoms with Crippen molar-refractivity contribution in [3.63, 3.8) is 0 Å². The highest BCUT2D eigenvalue weighted by Gasteiger charge is 2.35. The fourth-order valence-electron chi connectivity index (χ4n) is 2.36. The molecule has 1 saturated carbocycles. The average molecular weight is 158 g/mol. The molecule has 1 aliphatic carbocycles. The Morgan fingerprint density at radius 1 is 1.27 bits per heavy atom. The number of hydrogen-bond donors (Lipinski definition) is 2. The van der Waals surface area contributed by atoms with Gasteiger partial charge in [-0.05, 0) is 31.1 Å². The normalized spacial score (nSPS) is 45.8. The Labute approximate surface area is 68.2 Å². The largest absolute Gasteiger partial charge is 0.393 e. The zero-order chi connectivity index (χ0) is 8.48. The third-order valence-electron chi connectivity index (χ3n) is 2.56. The SMILES string of the molecule is CC1CC(C)CC(O)(CO)C1. The number of aliphatic hydroxyl groups excluding tert-OH is 1. The lowest BCUT2D eigenvalue weighted by atomic mass is 9.74. The van der Waals surface area contributed by atoms with Gasteiger partial charge in [0, 0.05) is 0 Å². The van der Waals surface area contributed by atoms with Crippen LogP contribution in [0.25, 0.3) is 0 Å². The van der Waals surface area contributed by atoms with E-state index in [0.29, 0.717) is 11.8 Å². The highest BCUT2D eigenvalue weighted by Crippen LogP contribution is 2.35. The Morgan fingerprint density at radius 2 is 1.73 bits per heavy atom. The molecule has 0 radical (unpaired) electrons. The van der Waals surface area contributed by atoms with E-state index in [1.807, 2.05) is 0 Å². The maximum atomic E-state index is 9.77. The molecule has 1 fully saturated rings. The van der Waals surface area contributed by atoms with E-state index < -0.39 is 5.60 Å². The van der Waals surface area contributed by atoms with Crippen LogP contribution in [-0.2, 0) is 0 Å². The summed E-state index contributed by atoms with van der Waals surface area (Å²) in [4.78, 5) is 0. The molecule has 2 N–H and O–H groups in total. The summed E-state index contributed by atoms with van der Waals surface area (Å²) in [5.41, 5.74) is -0.781. The third-order valence-corrected chi connectivity index (χ3v) is 2.56. The maximum absolute atomic E-state index is 9.77. The predicted octanol–water partition coefficient (Wildman–Crippen LogP) is 1.17. The molecule has 0 bridgehead atoms. The highest BCUT2D eigenvalue weighted by atomic mass is 16.3. The molecule has 0 heterocycles. The van der Waals surface area contributed by atoms with E-state index in [1.54, 1.807) is 0 Å². The van der Waals surface area contributed by atoms with Crippen molar-refractivity contribution in [1.82, 2.24) is 0 Å². The van der Waals surface area contributed by atoms with Crippen LogP contribution < -0.4 is 0 Å². The van der Waals surface area contributed by atoms with Gasteiger partial charge in [0.15, 0.2) is 0 Å². The maximum Gasteiger partial charge on any atom is 0.0882 e. The average Bonchev–Trinajstić information content (AvgIpc) is 1.84. The van der Waals surface area contributed by atoms with Gasteiger partial charge in [-0.15, -0.1) is 0 Å². The van der Waals surface area contributed by atoms with Gasteiger partial charge in [0.05, 0.1) is 12.2 Å².